The Kier molecular flexibility index (Phi) is 37.8. The Hall–Kier alpha value is -1.14. The molecule has 0 aromatic rings. The van der Waals surface area contributed by atoms with Crippen molar-refractivity contribution in [3.8, 4) is 0 Å². The number of esters is 2. The predicted molar refractivity (Wildman–Crippen MR) is 232 cm³/mol. The number of unbranched alkanes of at least 4 members (excludes halogenated alkanes) is 24. The largest absolute Gasteiger partial charge is 0.466 e. The van der Waals surface area contributed by atoms with E-state index < -0.39 is 0 Å². The van der Waals surface area contributed by atoms with E-state index in [0.717, 1.165) is 71.0 Å². The first-order valence-corrected chi connectivity index (χ1v) is 24.4. The van der Waals surface area contributed by atoms with Crippen molar-refractivity contribution in [2.24, 2.45) is 0 Å². The lowest BCUT2D eigenvalue weighted by Gasteiger charge is -2.25. The molecule has 6 heteroatoms. The zero-order chi connectivity index (χ0) is 39.0. The van der Waals surface area contributed by atoms with Crippen molar-refractivity contribution in [2.45, 2.75) is 252 Å². The number of carbonyl (C=O) groups is 2. The van der Waals surface area contributed by atoms with Gasteiger partial charge in [0.05, 0.1) is 6.61 Å². The van der Waals surface area contributed by atoms with Crippen LogP contribution >= 0.6 is 0 Å². The molecular weight excluding hydrogens is 669 g/mol. The fourth-order valence-electron chi connectivity index (χ4n) is 8.02. The summed E-state index contributed by atoms with van der Waals surface area (Å²) < 4.78 is 11.6. The second kappa shape index (κ2) is 40.1. The molecule has 0 atom stereocenters. The number of likely N-dealkylation sites (tertiary alicyclic amines) is 1. The van der Waals surface area contributed by atoms with Crippen LogP contribution in [0.25, 0.3) is 0 Å². The van der Waals surface area contributed by atoms with Gasteiger partial charge in [-0.3, -0.25) is 9.59 Å². The van der Waals surface area contributed by atoms with E-state index in [0.29, 0.717) is 19.4 Å². The monoisotopic (exact) mass is 763 g/mol. The maximum atomic E-state index is 12.8. The first-order chi connectivity index (χ1) is 26.6. The van der Waals surface area contributed by atoms with E-state index in [1.807, 2.05) is 0 Å². The van der Waals surface area contributed by atoms with Gasteiger partial charge in [0.25, 0.3) is 0 Å². The summed E-state index contributed by atoms with van der Waals surface area (Å²) in [5.74, 6) is 0.0342. The lowest BCUT2D eigenvalue weighted by molar-refractivity contribution is -0.150. The van der Waals surface area contributed by atoms with E-state index in [1.165, 1.54) is 180 Å². The van der Waals surface area contributed by atoms with Crippen molar-refractivity contribution >= 4 is 11.9 Å². The van der Waals surface area contributed by atoms with Crippen LogP contribution in [0.4, 0.5) is 0 Å². The predicted octanol–water partition coefficient (Wildman–Crippen LogP) is 13.8. The Labute approximate surface area is 337 Å². The molecule has 1 rings (SSSR count). The third-order valence-electron chi connectivity index (χ3n) is 11.7. The van der Waals surface area contributed by atoms with Crippen molar-refractivity contribution in [3.05, 3.63) is 0 Å². The van der Waals surface area contributed by atoms with Crippen LogP contribution in [-0.2, 0) is 19.1 Å². The molecule has 0 unspecified atom stereocenters. The van der Waals surface area contributed by atoms with Crippen LogP contribution in [0.5, 0.6) is 0 Å². The molecule has 0 aromatic heterocycles. The van der Waals surface area contributed by atoms with Gasteiger partial charge in [-0.15, -0.1) is 0 Å². The van der Waals surface area contributed by atoms with Crippen LogP contribution in [0.15, 0.2) is 0 Å². The lowest BCUT2D eigenvalue weighted by Crippen LogP contribution is -2.35. The Morgan fingerprint density at radius 3 is 1.41 bits per heavy atom. The number of hydrogen-bond acceptors (Lipinski definition) is 6. The highest BCUT2D eigenvalue weighted by Gasteiger charge is 2.15. The van der Waals surface area contributed by atoms with Gasteiger partial charge in [0.1, 0.15) is 6.10 Å². The molecule has 0 amide bonds. The lowest BCUT2D eigenvalue weighted by atomic mass is 10.0. The second-order valence-corrected chi connectivity index (χ2v) is 17.0. The zero-order valence-electron chi connectivity index (χ0n) is 36.8. The first-order valence-electron chi connectivity index (χ1n) is 24.4. The van der Waals surface area contributed by atoms with Crippen LogP contribution in [0, 0.1) is 0 Å². The van der Waals surface area contributed by atoms with Gasteiger partial charge in [-0.25, -0.2) is 0 Å². The van der Waals surface area contributed by atoms with Gasteiger partial charge in [-0.05, 0) is 96.8 Å². The Balaban J connectivity index is 2.22. The smallest absolute Gasteiger partial charge is 0.306 e. The molecule has 1 aliphatic heterocycles. The molecule has 320 valence electrons. The van der Waals surface area contributed by atoms with Crippen molar-refractivity contribution in [1.82, 2.24) is 9.80 Å². The van der Waals surface area contributed by atoms with Gasteiger partial charge in [0.15, 0.2) is 0 Å². The second-order valence-electron chi connectivity index (χ2n) is 17.0. The highest BCUT2D eigenvalue weighted by atomic mass is 16.5. The standard InChI is InChI=1S/C48H94N2O4/c1-4-7-10-13-16-17-18-24-34-45-53-47(51)37-29-25-31-40-49(43-44-50-41-32-33-42-50)39-30-23-19-22-28-38-48(52)54-46(35-26-20-14-11-8-5-2)36-27-21-15-12-9-6-3/h46H,4-45H2,1-3H3. The van der Waals surface area contributed by atoms with Gasteiger partial charge < -0.3 is 19.3 Å². The fraction of sp³-hybridized carbons (Fsp3) is 0.958. The number of rotatable bonds is 42. The summed E-state index contributed by atoms with van der Waals surface area (Å²) in [7, 11) is 0. The third-order valence-corrected chi connectivity index (χ3v) is 11.7. The molecule has 1 fully saturated rings. The van der Waals surface area contributed by atoms with Crippen LogP contribution in [0.3, 0.4) is 0 Å². The average Bonchev–Trinajstić information content (AvgIpc) is 3.70. The summed E-state index contributed by atoms with van der Waals surface area (Å²) in [5.41, 5.74) is 0. The highest BCUT2D eigenvalue weighted by molar-refractivity contribution is 5.69. The van der Waals surface area contributed by atoms with E-state index in [2.05, 4.69) is 30.6 Å². The molecule has 0 saturated carbocycles. The van der Waals surface area contributed by atoms with E-state index in [1.54, 1.807) is 0 Å². The summed E-state index contributed by atoms with van der Waals surface area (Å²) in [6.07, 6.45) is 42.1. The van der Waals surface area contributed by atoms with E-state index in [-0.39, 0.29) is 18.0 Å². The van der Waals surface area contributed by atoms with Crippen molar-refractivity contribution in [2.75, 3.05) is 45.9 Å². The molecule has 1 heterocycles. The quantitative estimate of drug-likeness (QED) is 0.0456. The molecule has 1 aliphatic rings. The van der Waals surface area contributed by atoms with Gasteiger partial charge in [0.2, 0.25) is 0 Å². The van der Waals surface area contributed by atoms with Gasteiger partial charge in [-0.1, -0.05) is 162 Å². The summed E-state index contributed by atoms with van der Waals surface area (Å²) in [4.78, 5) is 30.4. The molecule has 0 radical (unpaired) electrons. The van der Waals surface area contributed by atoms with Crippen LogP contribution in [-0.4, -0.2) is 73.7 Å². The minimum atomic E-state index is -0.00475. The summed E-state index contributed by atoms with van der Waals surface area (Å²) in [6.45, 7) is 14.6. The molecule has 54 heavy (non-hydrogen) atoms. The van der Waals surface area contributed by atoms with Crippen molar-refractivity contribution in [1.29, 1.82) is 0 Å². The first kappa shape index (κ1) is 50.9. The van der Waals surface area contributed by atoms with E-state index in [9.17, 15) is 9.59 Å². The summed E-state index contributed by atoms with van der Waals surface area (Å²) in [5, 5.41) is 0. The van der Waals surface area contributed by atoms with Crippen LogP contribution in [0.1, 0.15) is 245 Å². The van der Waals surface area contributed by atoms with Crippen molar-refractivity contribution < 1.29 is 19.1 Å². The Bertz CT molecular complexity index is 786. The third kappa shape index (κ3) is 34.1. The fourth-order valence-corrected chi connectivity index (χ4v) is 8.02. The number of carbonyl (C=O) groups excluding carboxylic acids is 2. The number of nitrogens with zero attached hydrogens (tertiary/aromatic N) is 2. The summed E-state index contributed by atoms with van der Waals surface area (Å²) in [6, 6.07) is 0. The van der Waals surface area contributed by atoms with Crippen LogP contribution < -0.4 is 0 Å². The molecule has 0 aliphatic carbocycles. The Morgan fingerprint density at radius 1 is 0.481 bits per heavy atom. The molecule has 1 saturated heterocycles. The zero-order valence-corrected chi connectivity index (χ0v) is 36.8. The normalized spacial score (nSPS) is 13.4. The SMILES string of the molecule is CCCCCCCCCCCOC(=O)CCCCCN(CCCCCCCC(=O)OC(CCCCCCCC)CCCCCCCC)CCN1CCCC1. The number of ether oxygens (including phenoxy) is 2. The van der Waals surface area contributed by atoms with Gasteiger partial charge >= 0.3 is 11.9 Å². The average molecular weight is 763 g/mol. The number of hydrogen-bond donors (Lipinski definition) is 0. The van der Waals surface area contributed by atoms with Crippen LogP contribution in [0.2, 0.25) is 0 Å². The maximum Gasteiger partial charge on any atom is 0.306 e. The minimum absolute atomic E-state index is 0.00475. The molecule has 0 spiro atoms. The summed E-state index contributed by atoms with van der Waals surface area (Å²) >= 11 is 0. The Morgan fingerprint density at radius 2 is 0.889 bits per heavy atom. The van der Waals surface area contributed by atoms with E-state index >= 15 is 0 Å². The molecule has 0 bridgehead atoms. The van der Waals surface area contributed by atoms with Gasteiger partial charge in [-0.2, -0.15) is 0 Å². The topological polar surface area (TPSA) is 59.1 Å². The molecule has 6 nitrogen and oxygen atoms in total. The van der Waals surface area contributed by atoms with Crippen molar-refractivity contribution in [3.63, 3.8) is 0 Å². The maximum absolute atomic E-state index is 12.8. The van der Waals surface area contributed by atoms with Gasteiger partial charge in [0, 0.05) is 25.9 Å². The highest BCUT2D eigenvalue weighted by Crippen LogP contribution is 2.19. The minimum Gasteiger partial charge on any atom is -0.466 e. The molecule has 0 aromatic carbocycles. The molecular formula is C48H94N2O4. The van der Waals surface area contributed by atoms with E-state index in [4.69, 9.17) is 9.47 Å². The molecule has 0 N–H and O–H groups in total.